The first-order valence-corrected chi connectivity index (χ1v) is 7.81. The van der Waals surface area contributed by atoms with Gasteiger partial charge in [-0.05, 0) is 18.2 Å². The summed E-state index contributed by atoms with van der Waals surface area (Å²) in [6.07, 6.45) is 3.84. The molecule has 1 fully saturated rings. The highest BCUT2D eigenvalue weighted by molar-refractivity contribution is 6.30. The summed E-state index contributed by atoms with van der Waals surface area (Å²) in [5.74, 6) is 1.95. The summed E-state index contributed by atoms with van der Waals surface area (Å²) in [5.41, 5.74) is 1.11. The summed E-state index contributed by atoms with van der Waals surface area (Å²) >= 11 is 6.15. The maximum Gasteiger partial charge on any atom is 0.127 e. The Balaban J connectivity index is 0.00000192. The van der Waals surface area contributed by atoms with Crippen LogP contribution in [0.25, 0.3) is 0 Å². The SMILES string of the molecule is COc1ccc(Cl)cc1CN1CCNCC1c1nccn1C.Cl. The second kappa shape index (κ2) is 8.02. The first kappa shape index (κ1) is 18.1. The number of aromatic nitrogens is 2. The van der Waals surface area contributed by atoms with Crippen molar-refractivity contribution in [3.63, 3.8) is 0 Å². The van der Waals surface area contributed by atoms with E-state index in [4.69, 9.17) is 16.3 Å². The molecule has 3 rings (SSSR count). The Morgan fingerprint density at radius 1 is 1.43 bits per heavy atom. The molecule has 1 aliphatic heterocycles. The minimum Gasteiger partial charge on any atom is -0.496 e. The lowest BCUT2D eigenvalue weighted by Gasteiger charge is -2.36. The van der Waals surface area contributed by atoms with Gasteiger partial charge in [-0.3, -0.25) is 4.90 Å². The van der Waals surface area contributed by atoms with Gasteiger partial charge in [0.15, 0.2) is 0 Å². The molecule has 1 aromatic carbocycles. The van der Waals surface area contributed by atoms with Gasteiger partial charge in [0.05, 0.1) is 13.2 Å². The monoisotopic (exact) mass is 356 g/mol. The zero-order valence-corrected chi connectivity index (χ0v) is 14.9. The Bertz CT molecular complexity index is 647. The van der Waals surface area contributed by atoms with Crippen molar-refractivity contribution in [2.45, 2.75) is 12.6 Å². The van der Waals surface area contributed by atoms with Crippen molar-refractivity contribution in [1.29, 1.82) is 0 Å². The summed E-state index contributed by atoms with van der Waals surface area (Å²) in [6, 6.07) is 6.02. The van der Waals surface area contributed by atoms with E-state index in [-0.39, 0.29) is 18.4 Å². The first-order chi connectivity index (χ1) is 10.7. The Morgan fingerprint density at radius 3 is 2.96 bits per heavy atom. The van der Waals surface area contributed by atoms with Gasteiger partial charge in [-0.15, -0.1) is 12.4 Å². The van der Waals surface area contributed by atoms with Crippen molar-refractivity contribution < 1.29 is 4.74 Å². The molecule has 0 saturated carbocycles. The highest BCUT2D eigenvalue weighted by Crippen LogP contribution is 2.28. The van der Waals surface area contributed by atoms with Crippen molar-refractivity contribution in [1.82, 2.24) is 19.8 Å². The molecule has 23 heavy (non-hydrogen) atoms. The van der Waals surface area contributed by atoms with E-state index in [1.54, 1.807) is 7.11 Å². The van der Waals surface area contributed by atoms with Crippen molar-refractivity contribution >= 4 is 24.0 Å². The largest absolute Gasteiger partial charge is 0.496 e. The van der Waals surface area contributed by atoms with E-state index in [0.29, 0.717) is 0 Å². The van der Waals surface area contributed by atoms with Gasteiger partial charge in [-0.2, -0.15) is 0 Å². The molecule has 0 spiro atoms. The van der Waals surface area contributed by atoms with E-state index in [0.717, 1.165) is 48.3 Å². The summed E-state index contributed by atoms with van der Waals surface area (Å²) in [7, 11) is 3.73. The lowest BCUT2D eigenvalue weighted by molar-refractivity contribution is 0.143. The van der Waals surface area contributed by atoms with Crippen LogP contribution in [0.1, 0.15) is 17.4 Å². The molecule has 0 radical (unpaired) electrons. The lowest BCUT2D eigenvalue weighted by Crippen LogP contribution is -2.46. The summed E-state index contributed by atoms with van der Waals surface area (Å²) < 4.78 is 7.55. The van der Waals surface area contributed by atoms with Crippen LogP contribution in [0.3, 0.4) is 0 Å². The van der Waals surface area contributed by atoms with Crippen LogP contribution in [0, 0.1) is 0 Å². The Hall–Kier alpha value is -1.27. The highest BCUT2D eigenvalue weighted by atomic mass is 35.5. The second-order valence-corrected chi connectivity index (χ2v) is 5.98. The van der Waals surface area contributed by atoms with Crippen LogP contribution < -0.4 is 10.1 Å². The maximum absolute atomic E-state index is 6.15. The molecular formula is C16H22Cl2N4O. The maximum atomic E-state index is 6.15. The average molecular weight is 357 g/mol. The predicted octanol–water partition coefficient (Wildman–Crippen LogP) is 2.65. The van der Waals surface area contributed by atoms with Crippen molar-refractivity contribution in [3.05, 3.63) is 47.0 Å². The van der Waals surface area contributed by atoms with Gasteiger partial charge in [0, 0.05) is 56.2 Å². The van der Waals surface area contributed by atoms with Gasteiger partial charge in [0.2, 0.25) is 0 Å². The molecule has 5 nitrogen and oxygen atoms in total. The third kappa shape index (κ3) is 3.98. The smallest absolute Gasteiger partial charge is 0.127 e. The zero-order valence-electron chi connectivity index (χ0n) is 13.3. The van der Waals surface area contributed by atoms with Crippen LogP contribution in [0.5, 0.6) is 5.75 Å². The number of nitrogens with one attached hydrogen (secondary N) is 1. The number of nitrogens with zero attached hydrogens (tertiary/aromatic N) is 3. The average Bonchev–Trinajstić information content (AvgIpc) is 2.94. The number of aryl methyl sites for hydroxylation is 1. The highest BCUT2D eigenvalue weighted by Gasteiger charge is 2.27. The molecule has 1 aliphatic rings. The van der Waals surface area contributed by atoms with Crippen LogP contribution in [-0.2, 0) is 13.6 Å². The second-order valence-electron chi connectivity index (χ2n) is 5.54. The van der Waals surface area contributed by atoms with E-state index >= 15 is 0 Å². The van der Waals surface area contributed by atoms with Crippen LogP contribution >= 0.6 is 24.0 Å². The number of piperazine rings is 1. The molecule has 1 aromatic heterocycles. The van der Waals surface area contributed by atoms with Gasteiger partial charge in [-0.1, -0.05) is 11.6 Å². The van der Waals surface area contributed by atoms with Crippen LogP contribution in [0.2, 0.25) is 5.02 Å². The summed E-state index contributed by atoms with van der Waals surface area (Å²) in [6.45, 7) is 3.63. The quantitative estimate of drug-likeness (QED) is 0.914. The first-order valence-electron chi connectivity index (χ1n) is 7.43. The number of imidazole rings is 1. The fourth-order valence-corrected chi connectivity index (χ4v) is 3.17. The predicted molar refractivity (Wildman–Crippen MR) is 94.5 cm³/mol. The Morgan fingerprint density at radius 2 is 2.26 bits per heavy atom. The number of hydrogen-bond donors (Lipinski definition) is 1. The number of methoxy groups -OCH3 is 1. The number of hydrogen-bond acceptors (Lipinski definition) is 4. The molecule has 0 aliphatic carbocycles. The molecule has 2 aromatic rings. The number of rotatable bonds is 4. The molecule has 1 N–H and O–H groups in total. The molecular weight excluding hydrogens is 335 g/mol. The van der Waals surface area contributed by atoms with Crippen molar-refractivity contribution in [2.24, 2.45) is 7.05 Å². The lowest BCUT2D eigenvalue weighted by atomic mass is 10.1. The van der Waals surface area contributed by atoms with Gasteiger partial charge in [0.1, 0.15) is 11.6 Å². The van der Waals surface area contributed by atoms with E-state index in [1.165, 1.54) is 0 Å². The standard InChI is InChI=1S/C16H21ClN4O.ClH/c1-20-7-6-19-16(20)14-10-18-5-8-21(14)11-12-9-13(17)3-4-15(12)22-2;/h3-4,6-7,9,14,18H,5,8,10-11H2,1-2H3;1H. The topological polar surface area (TPSA) is 42.3 Å². The van der Waals surface area contributed by atoms with E-state index < -0.39 is 0 Å². The fraction of sp³-hybridized carbons (Fsp3) is 0.438. The Kier molecular flexibility index (Phi) is 6.30. The fourth-order valence-electron chi connectivity index (χ4n) is 2.98. The van der Waals surface area contributed by atoms with Gasteiger partial charge in [-0.25, -0.2) is 4.98 Å². The molecule has 126 valence electrons. The molecule has 2 heterocycles. The van der Waals surface area contributed by atoms with Crippen molar-refractivity contribution in [3.8, 4) is 5.75 Å². The zero-order chi connectivity index (χ0) is 15.5. The van der Waals surface area contributed by atoms with E-state index in [1.807, 2.05) is 37.6 Å². The molecule has 1 atom stereocenters. The number of ether oxygens (including phenoxy) is 1. The van der Waals surface area contributed by atoms with Crippen LogP contribution in [0.15, 0.2) is 30.6 Å². The Labute approximate surface area is 148 Å². The molecule has 0 amide bonds. The molecule has 1 unspecified atom stereocenters. The number of halogens is 2. The van der Waals surface area contributed by atoms with Gasteiger partial charge >= 0.3 is 0 Å². The molecule has 7 heteroatoms. The summed E-state index contributed by atoms with van der Waals surface area (Å²) in [4.78, 5) is 6.94. The minimum atomic E-state index is 0. The minimum absolute atomic E-state index is 0. The third-order valence-corrected chi connectivity index (χ3v) is 4.36. The summed E-state index contributed by atoms with van der Waals surface area (Å²) in [5, 5.41) is 4.19. The number of benzene rings is 1. The van der Waals surface area contributed by atoms with Gasteiger partial charge < -0.3 is 14.6 Å². The van der Waals surface area contributed by atoms with E-state index in [9.17, 15) is 0 Å². The molecule has 0 bridgehead atoms. The van der Waals surface area contributed by atoms with Crippen LogP contribution in [-0.4, -0.2) is 41.2 Å². The normalized spacial score (nSPS) is 18.5. The van der Waals surface area contributed by atoms with E-state index in [2.05, 4.69) is 19.8 Å². The van der Waals surface area contributed by atoms with Crippen LogP contribution in [0.4, 0.5) is 0 Å². The molecule has 1 saturated heterocycles. The third-order valence-electron chi connectivity index (χ3n) is 4.13. The van der Waals surface area contributed by atoms with Crippen molar-refractivity contribution in [2.75, 3.05) is 26.7 Å². The van der Waals surface area contributed by atoms with Gasteiger partial charge in [0.25, 0.3) is 0 Å².